The van der Waals surface area contributed by atoms with Crippen LogP contribution in [-0.2, 0) is 4.79 Å². The van der Waals surface area contributed by atoms with Gasteiger partial charge < -0.3 is 5.11 Å². The van der Waals surface area contributed by atoms with Crippen LogP contribution in [0.4, 0.5) is 0 Å². The Hall–Kier alpha value is -1.14. The molecule has 0 unspecified atom stereocenters. The van der Waals surface area contributed by atoms with E-state index < -0.39 is 0 Å². The molecule has 4 rings (SSSR count). The van der Waals surface area contributed by atoms with Gasteiger partial charge in [-0.1, -0.05) is 19.4 Å². The predicted molar refractivity (Wildman–Crippen MR) is 96.4 cm³/mol. The zero-order chi connectivity index (χ0) is 18.0. The Kier molecular flexibility index (Phi) is 3.75. The van der Waals surface area contributed by atoms with Gasteiger partial charge in [-0.25, -0.2) is 0 Å². The molecule has 3 saturated carbocycles. The minimum Gasteiger partial charge on any atom is -0.396 e. The van der Waals surface area contributed by atoms with Gasteiger partial charge in [0.25, 0.3) is 0 Å². The van der Waals surface area contributed by atoms with Crippen LogP contribution < -0.4 is 0 Å². The number of rotatable bonds is 1. The van der Waals surface area contributed by atoms with Gasteiger partial charge in [0, 0.05) is 18.9 Å². The van der Waals surface area contributed by atoms with Crippen molar-refractivity contribution in [2.45, 2.75) is 65.7 Å². The molecule has 0 spiro atoms. The Labute approximate surface area is 151 Å². The van der Waals surface area contributed by atoms with Crippen LogP contribution >= 0.6 is 0 Å². The van der Waals surface area contributed by atoms with Crippen molar-refractivity contribution in [3.8, 4) is 6.07 Å². The largest absolute Gasteiger partial charge is 0.396 e. The van der Waals surface area contributed by atoms with Crippen LogP contribution in [0.2, 0.25) is 0 Å². The van der Waals surface area contributed by atoms with Crippen molar-refractivity contribution in [1.82, 2.24) is 0 Å². The number of nitriles is 1. The smallest absolute Gasteiger partial charge is 0.155 e. The van der Waals surface area contributed by atoms with Crippen LogP contribution in [-0.4, -0.2) is 17.5 Å². The summed E-state index contributed by atoms with van der Waals surface area (Å²) < 4.78 is 0. The third-order valence-corrected chi connectivity index (χ3v) is 9.19. The van der Waals surface area contributed by atoms with Gasteiger partial charge in [0.1, 0.15) is 0 Å². The average Bonchev–Trinajstić information content (AvgIpc) is 2.87. The van der Waals surface area contributed by atoms with E-state index in [1.165, 1.54) is 5.57 Å². The van der Waals surface area contributed by atoms with Crippen LogP contribution in [0, 0.1) is 51.2 Å². The van der Waals surface area contributed by atoms with Crippen LogP contribution in [0.3, 0.4) is 0 Å². The Bertz CT molecular complexity index is 676. The molecular weight excluding hydrogens is 310 g/mol. The zero-order valence-corrected chi connectivity index (χ0v) is 15.8. The molecule has 3 heteroatoms. The molecule has 7 atom stereocenters. The molecule has 0 heterocycles. The highest BCUT2D eigenvalue weighted by molar-refractivity contribution is 5.91. The second-order valence-electron chi connectivity index (χ2n) is 9.91. The third-order valence-electron chi connectivity index (χ3n) is 9.19. The molecular formula is C22H31NO2. The summed E-state index contributed by atoms with van der Waals surface area (Å²) in [5, 5.41) is 19.9. The highest BCUT2D eigenvalue weighted by Crippen LogP contribution is 2.70. The summed E-state index contributed by atoms with van der Waals surface area (Å²) in [5.74, 6) is 2.14. The Morgan fingerprint density at radius 1 is 1.20 bits per heavy atom. The number of ketones is 1. The van der Waals surface area contributed by atoms with E-state index in [2.05, 4.69) is 26.8 Å². The van der Waals surface area contributed by atoms with Gasteiger partial charge in [0.15, 0.2) is 5.78 Å². The van der Waals surface area contributed by atoms with E-state index in [9.17, 15) is 15.2 Å². The number of hydrogen-bond donors (Lipinski definition) is 1. The van der Waals surface area contributed by atoms with Crippen LogP contribution in [0.15, 0.2) is 11.6 Å². The molecule has 3 nitrogen and oxygen atoms in total. The fourth-order valence-corrected chi connectivity index (χ4v) is 7.41. The fraction of sp³-hybridized carbons (Fsp3) is 0.818. The molecule has 0 bridgehead atoms. The molecule has 4 aliphatic rings. The van der Waals surface area contributed by atoms with Crippen LogP contribution in [0.5, 0.6) is 0 Å². The summed E-state index contributed by atoms with van der Waals surface area (Å²) in [5.41, 5.74) is 1.19. The minimum absolute atomic E-state index is 0.0667. The maximum Gasteiger partial charge on any atom is 0.155 e. The number of aliphatic hydroxyl groups excluding tert-OH is 1. The molecule has 4 aliphatic carbocycles. The highest BCUT2D eigenvalue weighted by atomic mass is 16.3. The topological polar surface area (TPSA) is 61.1 Å². The molecule has 0 aromatic heterocycles. The van der Waals surface area contributed by atoms with E-state index in [4.69, 9.17) is 0 Å². The monoisotopic (exact) mass is 341 g/mol. The average molecular weight is 341 g/mol. The Morgan fingerprint density at radius 3 is 2.60 bits per heavy atom. The molecule has 0 amide bonds. The van der Waals surface area contributed by atoms with Crippen molar-refractivity contribution in [3.63, 3.8) is 0 Å². The quantitative estimate of drug-likeness (QED) is 0.775. The lowest BCUT2D eigenvalue weighted by molar-refractivity contribution is -0.118. The molecule has 0 saturated heterocycles. The van der Waals surface area contributed by atoms with Gasteiger partial charge in [-0.15, -0.1) is 0 Å². The molecule has 0 aromatic rings. The molecule has 25 heavy (non-hydrogen) atoms. The number of aliphatic hydroxyl groups is 1. The summed E-state index contributed by atoms with van der Waals surface area (Å²) in [6, 6.07) is 2.67. The van der Waals surface area contributed by atoms with Crippen molar-refractivity contribution in [2.24, 2.45) is 39.9 Å². The van der Waals surface area contributed by atoms with Gasteiger partial charge in [0.05, 0.1) is 11.5 Å². The first-order valence-corrected chi connectivity index (χ1v) is 10.1. The number of nitrogens with zero attached hydrogens (tertiary/aromatic N) is 1. The van der Waals surface area contributed by atoms with Gasteiger partial charge in [0.2, 0.25) is 0 Å². The molecule has 136 valence electrons. The lowest BCUT2D eigenvalue weighted by Crippen LogP contribution is -2.54. The van der Waals surface area contributed by atoms with Gasteiger partial charge in [-0.05, 0) is 80.1 Å². The first-order chi connectivity index (χ1) is 11.8. The lowest BCUT2D eigenvalue weighted by atomic mass is 9.44. The number of hydrogen-bond acceptors (Lipinski definition) is 3. The molecule has 0 aliphatic heterocycles. The van der Waals surface area contributed by atoms with Crippen molar-refractivity contribution >= 4 is 5.78 Å². The second kappa shape index (κ2) is 5.43. The molecule has 1 N–H and O–H groups in total. The molecule has 3 fully saturated rings. The third kappa shape index (κ3) is 2.10. The maximum atomic E-state index is 12.0. The minimum atomic E-state index is -0.211. The number of fused-ring (bicyclic) bond motifs is 5. The van der Waals surface area contributed by atoms with Crippen molar-refractivity contribution in [2.75, 3.05) is 6.61 Å². The van der Waals surface area contributed by atoms with Gasteiger partial charge >= 0.3 is 0 Å². The van der Waals surface area contributed by atoms with Crippen molar-refractivity contribution < 1.29 is 9.90 Å². The highest BCUT2D eigenvalue weighted by Gasteiger charge is 2.63. The summed E-state index contributed by atoms with van der Waals surface area (Å²) in [7, 11) is 0. The van der Waals surface area contributed by atoms with E-state index in [0.29, 0.717) is 24.2 Å². The molecule has 0 radical (unpaired) electrons. The van der Waals surface area contributed by atoms with Crippen molar-refractivity contribution in [1.29, 1.82) is 5.26 Å². The summed E-state index contributed by atoms with van der Waals surface area (Å²) in [6.07, 6.45) is 8.91. The van der Waals surface area contributed by atoms with Gasteiger partial charge in [-0.2, -0.15) is 5.26 Å². The number of carbonyl (C=O) groups is 1. The predicted octanol–water partition coefficient (Wildman–Crippen LogP) is 4.27. The van der Waals surface area contributed by atoms with Crippen LogP contribution in [0.25, 0.3) is 0 Å². The summed E-state index contributed by atoms with van der Waals surface area (Å²) in [6.45, 7) is 7.03. The van der Waals surface area contributed by atoms with E-state index in [-0.39, 0.29) is 34.6 Å². The SMILES string of the molecule is C[C@]12CCC(=O)C=C1[C@H](CO)C[C@@H]1[C@@H]2CC[C@@]2(C)[C@H]1CC[C@]2(C)C#N. The fourth-order valence-electron chi connectivity index (χ4n) is 7.41. The van der Waals surface area contributed by atoms with E-state index in [1.807, 2.05) is 6.08 Å². The second-order valence-corrected chi connectivity index (χ2v) is 9.91. The van der Waals surface area contributed by atoms with E-state index >= 15 is 0 Å². The standard InChI is InChI=1S/C22H31NO2/c1-20(13-23)7-5-18-16-10-14(12-24)19-11-15(25)4-8-21(19,2)17(16)6-9-22(18,20)3/h11,14,16-18,24H,4-10,12H2,1-3H3/t14-,16+,17-,18-,20+,21+,22-/m0/s1. The normalized spacial score (nSPS) is 51.8. The first kappa shape index (κ1) is 17.3. The van der Waals surface area contributed by atoms with Gasteiger partial charge in [-0.3, -0.25) is 4.79 Å². The Morgan fingerprint density at radius 2 is 1.92 bits per heavy atom. The zero-order valence-electron chi connectivity index (χ0n) is 15.8. The first-order valence-electron chi connectivity index (χ1n) is 10.1. The number of carbonyl (C=O) groups excluding carboxylic acids is 1. The van der Waals surface area contributed by atoms with Crippen LogP contribution in [0.1, 0.15) is 65.7 Å². The van der Waals surface area contributed by atoms with E-state index in [0.717, 1.165) is 38.5 Å². The maximum absolute atomic E-state index is 12.0. The summed E-state index contributed by atoms with van der Waals surface area (Å²) >= 11 is 0. The summed E-state index contributed by atoms with van der Waals surface area (Å²) in [4.78, 5) is 12.0. The lowest BCUT2D eigenvalue weighted by Gasteiger charge is -2.60. The van der Waals surface area contributed by atoms with Crippen molar-refractivity contribution in [3.05, 3.63) is 11.6 Å². The Balaban J connectivity index is 1.75. The van der Waals surface area contributed by atoms with E-state index in [1.54, 1.807) is 0 Å². The molecule has 0 aromatic carbocycles.